The van der Waals surface area contributed by atoms with Gasteiger partial charge in [-0.1, -0.05) is 18.5 Å². The third-order valence-corrected chi connectivity index (χ3v) is 4.61. The van der Waals surface area contributed by atoms with Gasteiger partial charge in [0.25, 0.3) is 0 Å². The molecule has 0 bridgehead atoms. The number of ether oxygens (including phenoxy) is 2. The Morgan fingerprint density at radius 2 is 1.95 bits per heavy atom. The molecule has 0 amide bonds. The second kappa shape index (κ2) is 6.15. The number of benzene rings is 1. The summed E-state index contributed by atoms with van der Waals surface area (Å²) in [6, 6.07) is 5.14. The standard InChI is InChI=1S/C16H21ClO3/c1-11-6-8-16(20-3,9-7-11)15(18)12-4-5-13(17)14(10-12)19-2/h4-5,10-11H,6-9H2,1-3H3. The molecule has 0 aromatic heterocycles. The average Bonchev–Trinajstić information content (AvgIpc) is 2.48. The lowest BCUT2D eigenvalue weighted by Gasteiger charge is -2.37. The summed E-state index contributed by atoms with van der Waals surface area (Å²) in [6.45, 7) is 2.22. The van der Waals surface area contributed by atoms with Crippen LogP contribution in [0.5, 0.6) is 5.75 Å². The number of Topliss-reactive ketones (excluding diaryl/α,β-unsaturated/α-hetero) is 1. The maximum Gasteiger partial charge on any atom is 0.194 e. The summed E-state index contributed by atoms with van der Waals surface area (Å²) >= 11 is 6.01. The smallest absolute Gasteiger partial charge is 0.194 e. The van der Waals surface area contributed by atoms with Gasteiger partial charge in [0.2, 0.25) is 0 Å². The molecule has 0 heterocycles. The van der Waals surface area contributed by atoms with Crippen molar-refractivity contribution in [2.24, 2.45) is 5.92 Å². The minimum absolute atomic E-state index is 0.0295. The largest absolute Gasteiger partial charge is 0.495 e. The van der Waals surface area contributed by atoms with E-state index in [9.17, 15) is 4.79 Å². The van der Waals surface area contributed by atoms with Crippen molar-refractivity contribution >= 4 is 17.4 Å². The molecule has 2 rings (SSSR count). The van der Waals surface area contributed by atoms with Crippen molar-refractivity contribution in [3.63, 3.8) is 0 Å². The summed E-state index contributed by atoms with van der Waals surface area (Å²) in [7, 11) is 3.17. The number of carbonyl (C=O) groups excluding carboxylic acids is 1. The van der Waals surface area contributed by atoms with Gasteiger partial charge in [0.05, 0.1) is 12.1 Å². The van der Waals surface area contributed by atoms with Crippen LogP contribution in [-0.4, -0.2) is 25.6 Å². The summed E-state index contributed by atoms with van der Waals surface area (Å²) in [6.07, 6.45) is 3.58. The zero-order valence-electron chi connectivity index (χ0n) is 12.2. The summed E-state index contributed by atoms with van der Waals surface area (Å²) in [5.74, 6) is 1.21. The van der Waals surface area contributed by atoms with Gasteiger partial charge in [-0.05, 0) is 49.8 Å². The molecule has 1 aromatic rings. The Morgan fingerprint density at radius 3 is 2.50 bits per heavy atom. The fraction of sp³-hybridized carbons (Fsp3) is 0.562. The summed E-state index contributed by atoms with van der Waals surface area (Å²) in [5.41, 5.74) is -0.0895. The van der Waals surface area contributed by atoms with Crippen LogP contribution >= 0.6 is 11.6 Å². The van der Waals surface area contributed by atoms with Crippen LogP contribution in [0.15, 0.2) is 18.2 Å². The van der Waals surface area contributed by atoms with Gasteiger partial charge in [0, 0.05) is 12.7 Å². The Bertz CT molecular complexity index is 490. The van der Waals surface area contributed by atoms with Gasteiger partial charge in [0.15, 0.2) is 5.78 Å². The molecule has 0 saturated heterocycles. The predicted octanol–water partition coefficient (Wildman–Crippen LogP) is 4.13. The lowest BCUT2D eigenvalue weighted by atomic mass is 9.75. The second-order valence-electron chi connectivity index (χ2n) is 5.56. The van der Waals surface area contributed by atoms with Crippen molar-refractivity contribution in [3.8, 4) is 5.75 Å². The Morgan fingerprint density at radius 1 is 1.30 bits per heavy atom. The molecule has 0 atom stereocenters. The predicted molar refractivity (Wildman–Crippen MR) is 79.7 cm³/mol. The van der Waals surface area contributed by atoms with E-state index in [1.165, 1.54) is 0 Å². The Hall–Kier alpha value is -1.06. The minimum atomic E-state index is -0.689. The molecule has 0 spiro atoms. The SMILES string of the molecule is COc1cc(C(=O)C2(OC)CCC(C)CC2)ccc1Cl. The van der Waals surface area contributed by atoms with Gasteiger partial charge >= 0.3 is 0 Å². The first-order chi connectivity index (χ1) is 9.52. The van der Waals surface area contributed by atoms with Crippen molar-refractivity contribution < 1.29 is 14.3 Å². The Kier molecular flexibility index (Phi) is 4.71. The van der Waals surface area contributed by atoms with E-state index in [1.54, 1.807) is 32.4 Å². The molecule has 1 aliphatic carbocycles. The van der Waals surface area contributed by atoms with Gasteiger partial charge in [-0.3, -0.25) is 4.79 Å². The number of hydrogen-bond donors (Lipinski definition) is 0. The molecule has 0 radical (unpaired) electrons. The van der Waals surface area contributed by atoms with Crippen LogP contribution in [0.2, 0.25) is 5.02 Å². The maximum atomic E-state index is 12.8. The first kappa shape index (κ1) is 15.3. The topological polar surface area (TPSA) is 35.5 Å². The molecule has 4 heteroatoms. The number of hydrogen-bond acceptors (Lipinski definition) is 3. The summed E-state index contributed by atoms with van der Waals surface area (Å²) in [5, 5.41) is 0.507. The number of carbonyl (C=O) groups is 1. The van der Waals surface area contributed by atoms with Crippen molar-refractivity contribution in [2.45, 2.75) is 38.2 Å². The number of methoxy groups -OCH3 is 2. The quantitative estimate of drug-likeness (QED) is 0.784. The van der Waals surface area contributed by atoms with Crippen LogP contribution in [-0.2, 0) is 4.74 Å². The van der Waals surface area contributed by atoms with Crippen molar-refractivity contribution in [3.05, 3.63) is 28.8 Å². The molecule has 0 aliphatic heterocycles. The molecular formula is C16H21ClO3. The third kappa shape index (κ3) is 2.84. The Labute approximate surface area is 125 Å². The average molecular weight is 297 g/mol. The molecule has 0 unspecified atom stereocenters. The van der Waals surface area contributed by atoms with E-state index < -0.39 is 5.60 Å². The lowest BCUT2D eigenvalue weighted by Crippen LogP contribution is -2.43. The molecule has 20 heavy (non-hydrogen) atoms. The van der Waals surface area contributed by atoms with E-state index in [0.717, 1.165) is 25.7 Å². The highest BCUT2D eigenvalue weighted by atomic mass is 35.5. The van der Waals surface area contributed by atoms with Crippen LogP contribution in [0.1, 0.15) is 43.0 Å². The maximum absolute atomic E-state index is 12.8. The second-order valence-corrected chi connectivity index (χ2v) is 5.97. The van der Waals surface area contributed by atoms with Crippen LogP contribution < -0.4 is 4.74 Å². The normalized spacial score (nSPS) is 26.3. The van der Waals surface area contributed by atoms with Crippen molar-refractivity contribution in [1.82, 2.24) is 0 Å². The fourth-order valence-corrected chi connectivity index (χ4v) is 3.01. The highest BCUT2D eigenvalue weighted by Gasteiger charge is 2.41. The molecule has 3 nitrogen and oxygen atoms in total. The highest BCUT2D eigenvalue weighted by Crippen LogP contribution is 2.37. The first-order valence-electron chi connectivity index (χ1n) is 6.96. The van der Waals surface area contributed by atoms with Crippen LogP contribution in [0, 0.1) is 5.92 Å². The molecule has 0 N–H and O–H groups in total. The van der Waals surface area contributed by atoms with E-state index in [-0.39, 0.29) is 5.78 Å². The summed E-state index contributed by atoms with van der Waals surface area (Å²) in [4.78, 5) is 12.8. The van der Waals surface area contributed by atoms with Gasteiger partial charge in [-0.25, -0.2) is 0 Å². The van der Waals surface area contributed by atoms with Crippen LogP contribution in [0.4, 0.5) is 0 Å². The van der Waals surface area contributed by atoms with Crippen LogP contribution in [0.25, 0.3) is 0 Å². The molecule has 110 valence electrons. The van der Waals surface area contributed by atoms with E-state index in [4.69, 9.17) is 21.1 Å². The molecule has 1 aliphatic rings. The fourth-order valence-electron chi connectivity index (χ4n) is 2.82. The van der Waals surface area contributed by atoms with Gasteiger partial charge in [0.1, 0.15) is 11.4 Å². The lowest BCUT2D eigenvalue weighted by molar-refractivity contribution is -0.0263. The van der Waals surface area contributed by atoms with E-state index in [1.807, 2.05) is 0 Å². The number of rotatable bonds is 4. The Balaban J connectivity index is 2.29. The molecule has 1 fully saturated rings. The monoisotopic (exact) mass is 296 g/mol. The zero-order chi connectivity index (χ0) is 14.8. The van der Waals surface area contributed by atoms with E-state index >= 15 is 0 Å². The van der Waals surface area contributed by atoms with E-state index in [2.05, 4.69) is 6.92 Å². The molecule has 1 aromatic carbocycles. The first-order valence-corrected chi connectivity index (χ1v) is 7.33. The molecular weight excluding hydrogens is 276 g/mol. The third-order valence-electron chi connectivity index (χ3n) is 4.30. The number of halogens is 1. The molecule has 1 saturated carbocycles. The highest BCUT2D eigenvalue weighted by molar-refractivity contribution is 6.32. The van der Waals surface area contributed by atoms with Crippen molar-refractivity contribution in [2.75, 3.05) is 14.2 Å². The van der Waals surface area contributed by atoms with Crippen LogP contribution in [0.3, 0.4) is 0 Å². The number of ketones is 1. The van der Waals surface area contributed by atoms with Crippen molar-refractivity contribution in [1.29, 1.82) is 0 Å². The zero-order valence-corrected chi connectivity index (χ0v) is 13.0. The summed E-state index contributed by atoms with van der Waals surface area (Å²) < 4.78 is 10.8. The minimum Gasteiger partial charge on any atom is -0.495 e. The van der Waals surface area contributed by atoms with Gasteiger partial charge in [-0.2, -0.15) is 0 Å². The van der Waals surface area contributed by atoms with Gasteiger partial charge in [-0.15, -0.1) is 0 Å². The van der Waals surface area contributed by atoms with Gasteiger partial charge < -0.3 is 9.47 Å². The van der Waals surface area contributed by atoms with E-state index in [0.29, 0.717) is 22.3 Å².